The van der Waals surface area contributed by atoms with Gasteiger partial charge in [-0.15, -0.1) is 0 Å². The molecule has 1 aromatic carbocycles. The third kappa shape index (κ3) is 2.68. The van der Waals surface area contributed by atoms with Crippen LogP contribution in [0.15, 0.2) is 48.7 Å². The highest BCUT2D eigenvalue weighted by Crippen LogP contribution is 2.25. The van der Waals surface area contributed by atoms with E-state index in [1.165, 1.54) is 11.3 Å². The second-order valence-corrected chi connectivity index (χ2v) is 4.10. The van der Waals surface area contributed by atoms with Crippen LogP contribution in [-0.4, -0.2) is 18.6 Å². The maximum atomic E-state index is 4.53. The number of pyridine rings is 1. The quantitative estimate of drug-likeness (QED) is 0.872. The first-order valence-electron chi connectivity index (χ1n) is 6.28. The van der Waals surface area contributed by atoms with Gasteiger partial charge in [-0.3, -0.25) is 0 Å². The number of nitrogens with zero attached hydrogens (tertiary/aromatic N) is 2. The summed E-state index contributed by atoms with van der Waals surface area (Å²) in [5.74, 6) is 1.03. The number of aromatic nitrogens is 1. The van der Waals surface area contributed by atoms with Gasteiger partial charge in [0.2, 0.25) is 0 Å². The van der Waals surface area contributed by atoms with Crippen LogP contribution in [0.5, 0.6) is 0 Å². The minimum atomic E-state index is 0.826. The summed E-state index contributed by atoms with van der Waals surface area (Å²) in [6.07, 6.45) is 1.85. The van der Waals surface area contributed by atoms with E-state index >= 15 is 0 Å². The molecular formula is C15H19N3. The molecule has 1 heterocycles. The second-order valence-electron chi connectivity index (χ2n) is 4.10. The molecule has 3 heteroatoms. The van der Waals surface area contributed by atoms with E-state index in [0.717, 1.165) is 18.9 Å². The molecule has 1 aromatic heterocycles. The molecule has 0 bridgehead atoms. The molecule has 0 saturated carbocycles. The van der Waals surface area contributed by atoms with Crippen LogP contribution in [0.25, 0.3) is 0 Å². The molecule has 0 unspecified atom stereocenters. The van der Waals surface area contributed by atoms with Gasteiger partial charge in [0.05, 0.1) is 0 Å². The lowest BCUT2D eigenvalue weighted by molar-refractivity contribution is 0.806. The predicted molar refractivity (Wildman–Crippen MR) is 76.1 cm³/mol. The first-order valence-corrected chi connectivity index (χ1v) is 6.28. The van der Waals surface area contributed by atoms with Crippen molar-refractivity contribution in [2.75, 3.05) is 18.5 Å². The lowest BCUT2D eigenvalue weighted by Crippen LogP contribution is -2.20. The van der Waals surface area contributed by atoms with E-state index < -0.39 is 0 Å². The summed E-state index contributed by atoms with van der Waals surface area (Å²) in [7, 11) is 1.95. The van der Waals surface area contributed by atoms with Gasteiger partial charge < -0.3 is 10.2 Å². The molecule has 0 atom stereocenters. The Balaban J connectivity index is 2.39. The molecular weight excluding hydrogens is 222 g/mol. The summed E-state index contributed by atoms with van der Waals surface area (Å²) in [6.45, 7) is 3.87. The number of anilines is 2. The Kier molecular flexibility index (Phi) is 4.31. The zero-order valence-corrected chi connectivity index (χ0v) is 10.9. The van der Waals surface area contributed by atoms with Gasteiger partial charge in [-0.1, -0.05) is 24.3 Å². The van der Waals surface area contributed by atoms with Crippen molar-refractivity contribution < 1.29 is 0 Å². The van der Waals surface area contributed by atoms with E-state index in [0.29, 0.717) is 0 Å². The number of nitrogens with one attached hydrogen (secondary N) is 1. The molecule has 0 aliphatic carbocycles. The first-order chi connectivity index (χ1) is 8.86. The summed E-state index contributed by atoms with van der Waals surface area (Å²) in [5, 5.41) is 3.19. The van der Waals surface area contributed by atoms with Gasteiger partial charge in [0.15, 0.2) is 0 Å². The highest BCUT2D eigenvalue weighted by molar-refractivity contribution is 5.62. The molecule has 94 valence electrons. The molecule has 18 heavy (non-hydrogen) atoms. The standard InChI is InChI=1S/C15H19N3/c1-3-18(14-9-5-4-6-10-14)15-13(12-16-2)8-7-11-17-15/h4-11,16H,3,12H2,1-2H3. The van der Waals surface area contributed by atoms with Crippen molar-refractivity contribution in [1.82, 2.24) is 10.3 Å². The molecule has 3 nitrogen and oxygen atoms in total. The van der Waals surface area contributed by atoms with E-state index in [9.17, 15) is 0 Å². The maximum Gasteiger partial charge on any atom is 0.137 e. The van der Waals surface area contributed by atoms with Crippen LogP contribution in [0.1, 0.15) is 12.5 Å². The Labute approximate surface area is 108 Å². The number of hydrogen-bond donors (Lipinski definition) is 1. The molecule has 0 radical (unpaired) electrons. The maximum absolute atomic E-state index is 4.53. The largest absolute Gasteiger partial charge is 0.326 e. The summed E-state index contributed by atoms with van der Waals surface area (Å²) >= 11 is 0. The summed E-state index contributed by atoms with van der Waals surface area (Å²) in [4.78, 5) is 6.76. The average Bonchev–Trinajstić information content (AvgIpc) is 2.43. The molecule has 0 fully saturated rings. The van der Waals surface area contributed by atoms with Crippen molar-refractivity contribution in [2.24, 2.45) is 0 Å². The monoisotopic (exact) mass is 241 g/mol. The van der Waals surface area contributed by atoms with Crippen molar-refractivity contribution in [3.63, 3.8) is 0 Å². The lowest BCUT2D eigenvalue weighted by Gasteiger charge is -2.24. The van der Waals surface area contributed by atoms with Gasteiger partial charge in [0.1, 0.15) is 5.82 Å². The van der Waals surface area contributed by atoms with Crippen LogP contribution in [0.2, 0.25) is 0 Å². The Morgan fingerprint density at radius 1 is 1.11 bits per heavy atom. The molecule has 0 saturated heterocycles. The molecule has 0 aliphatic rings. The predicted octanol–water partition coefficient (Wildman–Crippen LogP) is 2.96. The normalized spacial score (nSPS) is 10.3. The van der Waals surface area contributed by atoms with Crippen LogP contribution < -0.4 is 10.2 Å². The van der Waals surface area contributed by atoms with Crippen LogP contribution in [-0.2, 0) is 6.54 Å². The molecule has 0 spiro atoms. The van der Waals surface area contributed by atoms with E-state index in [-0.39, 0.29) is 0 Å². The summed E-state index contributed by atoms with van der Waals surface area (Å²) in [5.41, 5.74) is 2.39. The van der Waals surface area contributed by atoms with Crippen molar-refractivity contribution in [1.29, 1.82) is 0 Å². The molecule has 0 aliphatic heterocycles. The fourth-order valence-electron chi connectivity index (χ4n) is 2.06. The van der Waals surface area contributed by atoms with E-state index in [1.807, 2.05) is 25.4 Å². The highest BCUT2D eigenvalue weighted by atomic mass is 15.2. The van der Waals surface area contributed by atoms with Crippen molar-refractivity contribution in [2.45, 2.75) is 13.5 Å². The van der Waals surface area contributed by atoms with Gasteiger partial charge >= 0.3 is 0 Å². The zero-order valence-electron chi connectivity index (χ0n) is 10.9. The Hall–Kier alpha value is -1.87. The SMILES string of the molecule is CCN(c1ccccc1)c1ncccc1CNC. The molecule has 2 aromatic rings. The van der Waals surface area contributed by atoms with Crippen molar-refractivity contribution >= 4 is 11.5 Å². The first kappa shape index (κ1) is 12.6. The third-order valence-corrected chi connectivity index (χ3v) is 2.87. The van der Waals surface area contributed by atoms with Crippen LogP contribution >= 0.6 is 0 Å². The third-order valence-electron chi connectivity index (χ3n) is 2.87. The minimum Gasteiger partial charge on any atom is -0.326 e. The minimum absolute atomic E-state index is 0.826. The second kappa shape index (κ2) is 6.17. The number of hydrogen-bond acceptors (Lipinski definition) is 3. The fourth-order valence-corrected chi connectivity index (χ4v) is 2.06. The molecule has 2 rings (SSSR count). The zero-order chi connectivity index (χ0) is 12.8. The van der Waals surface area contributed by atoms with Crippen LogP contribution in [0, 0.1) is 0 Å². The van der Waals surface area contributed by atoms with E-state index in [2.05, 4.69) is 52.5 Å². The van der Waals surface area contributed by atoms with Crippen molar-refractivity contribution in [3.05, 3.63) is 54.2 Å². The van der Waals surface area contributed by atoms with Crippen LogP contribution in [0.4, 0.5) is 11.5 Å². The van der Waals surface area contributed by atoms with Crippen LogP contribution in [0.3, 0.4) is 0 Å². The molecule has 0 amide bonds. The fraction of sp³-hybridized carbons (Fsp3) is 0.267. The lowest BCUT2D eigenvalue weighted by atomic mass is 10.2. The van der Waals surface area contributed by atoms with Gasteiger partial charge in [-0.25, -0.2) is 4.98 Å². The van der Waals surface area contributed by atoms with Gasteiger partial charge in [0, 0.05) is 30.5 Å². The van der Waals surface area contributed by atoms with E-state index in [1.54, 1.807) is 0 Å². The average molecular weight is 241 g/mol. The Morgan fingerprint density at radius 2 is 1.89 bits per heavy atom. The summed E-state index contributed by atoms with van der Waals surface area (Å²) in [6, 6.07) is 14.5. The smallest absolute Gasteiger partial charge is 0.137 e. The van der Waals surface area contributed by atoms with Gasteiger partial charge in [-0.05, 0) is 32.2 Å². The highest BCUT2D eigenvalue weighted by Gasteiger charge is 2.11. The topological polar surface area (TPSA) is 28.2 Å². The Bertz CT molecular complexity index is 482. The summed E-state index contributed by atoms with van der Waals surface area (Å²) < 4.78 is 0. The Morgan fingerprint density at radius 3 is 2.56 bits per heavy atom. The number of benzene rings is 1. The van der Waals surface area contributed by atoms with Crippen molar-refractivity contribution in [3.8, 4) is 0 Å². The number of para-hydroxylation sites is 1. The number of rotatable bonds is 5. The van der Waals surface area contributed by atoms with E-state index in [4.69, 9.17) is 0 Å². The molecule has 1 N–H and O–H groups in total. The van der Waals surface area contributed by atoms with Gasteiger partial charge in [-0.2, -0.15) is 0 Å². The van der Waals surface area contributed by atoms with Gasteiger partial charge in [0.25, 0.3) is 0 Å².